The number of halogens is 2. The average Bonchev–Trinajstić information content (AvgIpc) is 2.67. The molecule has 0 aliphatic heterocycles. The van der Waals surface area contributed by atoms with E-state index in [2.05, 4.69) is 10.1 Å². The summed E-state index contributed by atoms with van der Waals surface area (Å²) < 4.78 is 37.2. The van der Waals surface area contributed by atoms with Gasteiger partial charge in [-0.2, -0.15) is 0 Å². The summed E-state index contributed by atoms with van der Waals surface area (Å²) in [5.74, 6) is -3.95. The number of carbonyl (C=O) groups is 3. The van der Waals surface area contributed by atoms with Crippen LogP contribution in [0.4, 0.5) is 8.78 Å². The average molecular weight is 394 g/mol. The number of amides is 1. The molecule has 2 rings (SSSR count). The molecule has 0 fully saturated rings. The largest absolute Gasteiger partial charge is 0.491 e. The molecule has 0 aliphatic carbocycles. The standard InChI is InChI=1S/C18H16F2N2O6/c1-27-16-14(18(26)28-2)22(5-6-23)9-12(15(16)24)17(25)21-8-10-3-4-11(19)7-13(10)20/h3-4,6-7,9H,5,8H2,1-2H3,(H,21,25). The summed E-state index contributed by atoms with van der Waals surface area (Å²) in [7, 11) is 2.19. The molecular weight excluding hydrogens is 378 g/mol. The summed E-state index contributed by atoms with van der Waals surface area (Å²) in [4.78, 5) is 47.8. The minimum atomic E-state index is -0.934. The third-order valence-corrected chi connectivity index (χ3v) is 3.79. The van der Waals surface area contributed by atoms with E-state index in [1.807, 2.05) is 0 Å². The van der Waals surface area contributed by atoms with E-state index >= 15 is 0 Å². The van der Waals surface area contributed by atoms with Gasteiger partial charge < -0.3 is 24.2 Å². The molecule has 0 unspecified atom stereocenters. The molecule has 148 valence electrons. The number of hydrogen-bond acceptors (Lipinski definition) is 6. The van der Waals surface area contributed by atoms with Crippen molar-refractivity contribution in [2.45, 2.75) is 13.1 Å². The molecule has 0 atom stereocenters. The van der Waals surface area contributed by atoms with Crippen LogP contribution in [-0.2, 0) is 22.6 Å². The van der Waals surface area contributed by atoms with Crippen molar-refractivity contribution in [3.63, 3.8) is 0 Å². The van der Waals surface area contributed by atoms with Crippen LogP contribution in [0.1, 0.15) is 26.4 Å². The lowest BCUT2D eigenvalue weighted by atomic mass is 10.1. The number of benzene rings is 1. The van der Waals surface area contributed by atoms with Gasteiger partial charge in [0.05, 0.1) is 20.8 Å². The molecular formula is C18H16F2N2O6. The van der Waals surface area contributed by atoms with E-state index in [1.54, 1.807) is 0 Å². The molecule has 1 amide bonds. The molecule has 0 bridgehead atoms. The number of esters is 1. The Hall–Kier alpha value is -3.56. The van der Waals surface area contributed by atoms with Crippen LogP contribution in [-0.4, -0.2) is 36.9 Å². The molecule has 1 aromatic carbocycles. The molecule has 0 saturated carbocycles. The maximum absolute atomic E-state index is 13.7. The lowest BCUT2D eigenvalue weighted by molar-refractivity contribution is -0.108. The first-order chi connectivity index (χ1) is 13.3. The minimum Gasteiger partial charge on any atom is -0.491 e. The first kappa shape index (κ1) is 20.7. The molecule has 10 heteroatoms. The maximum atomic E-state index is 13.7. The first-order valence-corrected chi connectivity index (χ1v) is 7.89. The second-order valence-corrected chi connectivity index (χ2v) is 5.48. The van der Waals surface area contributed by atoms with Gasteiger partial charge in [-0.1, -0.05) is 6.07 Å². The van der Waals surface area contributed by atoms with Crippen LogP contribution in [0.3, 0.4) is 0 Å². The van der Waals surface area contributed by atoms with Crippen molar-refractivity contribution >= 4 is 18.2 Å². The van der Waals surface area contributed by atoms with Crippen molar-refractivity contribution in [2.24, 2.45) is 0 Å². The molecule has 0 aliphatic rings. The molecule has 1 heterocycles. The molecule has 1 aromatic heterocycles. The molecule has 28 heavy (non-hydrogen) atoms. The van der Waals surface area contributed by atoms with Crippen molar-refractivity contribution in [1.82, 2.24) is 9.88 Å². The van der Waals surface area contributed by atoms with Crippen LogP contribution in [0.15, 0.2) is 29.2 Å². The fourth-order valence-corrected chi connectivity index (χ4v) is 2.46. The second-order valence-electron chi connectivity index (χ2n) is 5.48. The van der Waals surface area contributed by atoms with Gasteiger partial charge in [0.15, 0.2) is 11.4 Å². The van der Waals surface area contributed by atoms with E-state index in [9.17, 15) is 28.0 Å². The zero-order valence-corrected chi connectivity index (χ0v) is 15.0. The number of rotatable bonds is 7. The number of pyridine rings is 1. The fourth-order valence-electron chi connectivity index (χ4n) is 2.46. The summed E-state index contributed by atoms with van der Waals surface area (Å²) in [6.45, 7) is -0.674. The van der Waals surface area contributed by atoms with E-state index in [1.165, 1.54) is 0 Å². The summed E-state index contributed by atoms with van der Waals surface area (Å²) >= 11 is 0. The number of aromatic nitrogens is 1. The van der Waals surface area contributed by atoms with E-state index in [4.69, 9.17) is 4.74 Å². The van der Waals surface area contributed by atoms with Gasteiger partial charge in [-0.3, -0.25) is 9.59 Å². The Morgan fingerprint density at radius 2 is 1.96 bits per heavy atom. The van der Waals surface area contributed by atoms with E-state index in [0.717, 1.165) is 37.1 Å². The molecule has 0 radical (unpaired) electrons. The predicted molar refractivity (Wildman–Crippen MR) is 92.2 cm³/mol. The van der Waals surface area contributed by atoms with E-state index in [0.29, 0.717) is 12.4 Å². The van der Waals surface area contributed by atoms with Crippen molar-refractivity contribution in [1.29, 1.82) is 0 Å². The molecule has 0 spiro atoms. The smallest absolute Gasteiger partial charge is 0.358 e. The van der Waals surface area contributed by atoms with Gasteiger partial charge in [0.1, 0.15) is 23.5 Å². The number of nitrogens with one attached hydrogen (secondary N) is 1. The molecule has 1 N–H and O–H groups in total. The highest BCUT2D eigenvalue weighted by molar-refractivity contribution is 5.97. The van der Waals surface area contributed by atoms with Crippen LogP contribution in [0.2, 0.25) is 0 Å². The van der Waals surface area contributed by atoms with Gasteiger partial charge in [-0.15, -0.1) is 0 Å². The lowest BCUT2D eigenvalue weighted by Gasteiger charge is -2.15. The minimum absolute atomic E-state index is 0.00103. The van der Waals surface area contributed by atoms with Crippen molar-refractivity contribution in [3.05, 3.63) is 63.1 Å². The normalized spacial score (nSPS) is 10.3. The van der Waals surface area contributed by atoms with Gasteiger partial charge in [0.2, 0.25) is 5.43 Å². The van der Waals surface area contributed by atoms with Gasteiger partial charge in [0, 0.05) is 24.4 Å². The Labute approximate surface area is 157 Å². The number of ether oxygens (including phenoxy) is 2. The van der Waals surface area contributed by atoms with Crippen LogP contribution in [0, 0.1) is 11.6 Å². The summed E-state index contributed by atoms with van der Waals surface area (Å²) in [5.41, 5.74) is -1.68. The van der Waals surface area contributed by atoms with Gasteiger partial charge >= 0.3 is 5.97 Å². The Bertz CT molecular complexity index is 987. The van der Waals surface area contributed by atoms with E-state index < -0.39 is 40.3 Å². The SMILES string of the molecule is COC(=O)c1c(OC)c(=O)c(C(=O)NCc2ccc(F)cc2F)cn1CC=O. The second kappa shape index (κ2) is 8.89. The highest BCUT2D eigenvalue weighted by Gasteiger charge is 2.25. The van der Waals surface area contributed by atoms with Crippen molar-refractivity contribution < 1.29 is 32.6 Å². The lowest BCUT2D eigenvalue weighted by Crippen LogP contribution is -2.32. The number of aldehydes is 1. The van der Waals surface area contributed by atoms with Crippen LogP contribution in [0.25, 0.3) is 0 Å². The Morgan fingerprint density at radius 3 is 2.54 bits per heavy atom. The predicted octanol–water partition coefficient (Wildman–Crippen LogP) is 1.05. The fraction of sp³-hybridized carbons (Fsp3) is 0.222. The number of nitrogens with zero attached hydrogens (tertiary/aromatic N) is 1. The Kier molecular flexibility index (Phi) is 6.59. The van der Waals surface area contributed by atoms with Crippen molar-refractivity contribution in [3.8, 4) is 5.75 Å². The molecule has 0 saturated heterocycles. The highest BCUT2D eigenvalue weighted by Crippen LogP contribution is 2.16. The first-order valence-electron chi connectivity index (χ1n) is 7.89. The van der Waals surface area contributed by atoms with Crippen molar-refractivity contribution in [2.75, 3.05) is 14.2 Å². The third-order valence-electron chi connectivity index (χ3n) is 3.79. The zero-order valence-electron chi connectivity index (χ0n) is 15.0. The molecule has 8 nitrogen and oxygen atoms in total. The Balaban J connectivity index is 2.42. The quantitative estimate of drug-likeness (QED) is 0.556. The highest BCUT2D eigenvalue weighted by atomic mass is 19.1. The number of carbonyl (C=O) groups excluding carboxylic acids is 3. The topological polar surface area (TPSA) is 104 Å². The number of methoxy groups -OCH3 is 2. The Morgan fingerprint density at radius 1 is 1.25 bits per heavy atom. The van der Waals surface area contributed by atoms with Gasteiger partial charge in [-0.25, -0.2) is 13.6 Å². The van der Waals surface area contributed by atoms with Crippen LogP contribution >= 0.6 is 0 Å². The zero-order chi connectivity index (χ0) is 20.8. The summed E-state index contributed by atoms with van der Waals surface area (Å²) in [6, 6.07) is 2.83. The van der Waals surface area contributed by atoms with Crippen LogP contribution in [0.5, 0.6) is 5.75 Å². The van der Waals surface area contributed by atoms with Crippen LogP contribution < -0.4 is 15.5 Å². The number of hydrogen-bond donors (Lipinski definition) is 1. The van der Waals surface area contributed by atoms with E-state index in [-0.39, 0.29) is 24.3 Å². The monoisotopic (exact) mass is 394 g/mol. The summed E-state index contributed by atoms with van der Waals surface area (Å²) in [5, 5.41) is 2.32. The maximum Gasteiger partial charge on any atom is 0.358 e. The third kappa shape index (κ3) is 4.22. The van der Waals surface area contributed by atoms with Gasteiger partial charge in [-0.05, 0) is 6.07 Å². The van der Waals surface area contributed by atoms with Gasteiger partial charge in [0.25, 0.3) is 5.91 Å². The molecule has 2 aromatic rings. The summed E-state index contributed by atoms with van der Waals surface area (Å²) in [6.07, 6.45) is 1.45.